The number of amides is 2. The van der Waals surface area contributed by atoms with Crippen LogP contribution in [0.3, 0.4) is 0 Å². The summed E-state index contributed by atoms with van der Waals surface area (Å²) in [5, 5.41) is 11.6. The third kappa shape index (κ3) is 2.94. The van der Waals surface area contributed by atoms with Crippen molar-refractivity contribution < 1.29 is 19.4 Å². The summed E-state index contributed by atoms with van der Waals surface area (Å²) in [5.41, 5.74) is 1.05. The minimum absolute atomic E-state index is 0.0930. The van der Waals surface area contributed by atoms with Gasteiger partial charge < -0.3 is 20.1 Å². The van der Waals surface area contributed by atoms with Crippen LogP contribution in [0.1, 0.15) is 18.4 Å². The molecule has 1 saturated heterocycles. The number of carbonyl (C=O) groups excluding carboxylic acids is 1. The van der Waals surface area contributed by atoms with Crippen LogP contribution in [0.4, 0.5) is 9.59 Å². The van der Waals surface area contributed by atoms with E-state index < -0.39 is 12.2 Å². The number of nitrogens with one attached hydrogen (secondary N) is 1. The average molecular weight is 290 g/mol. The smallest absolute Gasteiger partial charge is 0.407 e. The van der Waals surface area contributed by atoms with Crippen LogP contribution in [-0.4, -0.2) is 41.3 Å². The monoisotopic (exact) mass is 290 g/mol. The summed E-state index contributed by atoms with van der Waals surface area (Å²) in [5.74, 6) is 0. The Morgan fingerprint density at radius 3 is 2.57 bits per heavy atom. The summed E-state index contributed by atoms with van der Waals surface area (Å²) in [6, 6.07) is 9.62. The van der Waals surface area contributed by atoms with Crippen molar-refractivity contribution in [2.24, 2.45) is 5.41 Å². The molecule has 2 amide bonds. The summed E-state index contributed by atoms with van der Waals surface area (Å²) in [7, 11) is 0. The second kappa shape index (κ2) is 5.27. The molecule has 6 nitrogen and oxygen atoms in total. The molecule has 0 unspecified atom stereocenters. The Kier molecular flexibility index (Phi) is 3.45. The van der Waals surface area contributed by atoms with Gasteiger partial charge >= 0.3 is 12.2 Å². The lowest BCUT2D eigenvalue weighted by atomic mass is 9.61. The van der Waals surface area contributed by atoms with Gasteiger partial charge in [-0.05, 0) is 18.4 Å². The number of ether oxygens (including phenoxy) is 1. The van der Waals surface area contributed by atoms with E-state index in [9.17, 15) is 9.59 Å². The van der Waals surface area contributed by atoms with E-state index in [-0.39, 0.29) is 18.1 Å². The topological polar surface area (TPSA) is 78.9 Å². The predicted molar refractivity (Wildman–Crippen MR) is 74.8 cm³/mol. The molecule has 3 rings (SSSR count). The fourth-order valence-electron chi connectivity index (χ4n) is 3.18. The third-order valence-electron chi connectivity index (χ3n) is 4.22. The molecule has 21 heavy (non-hydrogen) atoms. The summed E-state index contributed by atoms with van der Waals surface area (Å²) >= 11 is 0. The normalized spacial score (nSPS) is 19.5. The molecule has 1 saturated carbocycles. The van der Waals surface area contributed by atoms with Crippen LogP contribution in [-0.2, 0) is 11.3 Å². The molecular formula is C15H18N2O4. The largest absolute Gasteiger partial charge is 0.465 e. The van der Waals surface area contributed by atoms with E-state index in [2.05, 4.69) is 5.32 Å². The number of hydrogen-bond acceptors (Lipinski definition) is 3. The predicted octanol–water partition coefficient (Wildman–Crippen LogP) is 2.06. The molecule has 2 N–H and O–H groups in total. The van der Waals surface area contributed by atoms with Crippen LogP contribution in [0.25, 0.3) is 0 Å². The molecule has 2 fully saturated rings. The SMILES string of the molecule is O=C(NC1CC2(C1)CN(C(=O)O)C2)OCc1ccccc1. The summed E-state index contributed by atoms with van der Waals surface area (Å²) in [6.45, 7) is 1.43. The molecule has 1 heterocycles. The van der Waals surface area contributed by atoms with Crippen molar-refractivity contribution in [2.45, 2.75) is 25.5 Å². The summed E-state index contributed by atoms with van der Waals surface area (Å²) < 4.78 is 5.16. The van der Waals surface area contributed by atoms with Crippen LogP contribution in [0.5, 0.6) is 0 Å². The van der Waals surface area contributed by atoms with Crippen molar-refractivity contribution in [3.8, 4) is 0 Å². The Morgan fingerprint density at radius 2 is 1.95 bits per heavy atom. The van der Waals surface area contributed by atoms with Gasteiger partial charge in [0.1, 0.15) is 6.61 Å². The Morgan fingerprint density at radius 1 is 1.29 bits per heavy atom. The van der Waals surface area contributed by atoms with Crippen LogP contribution in [0.15, 0.2) is 30.3 Å². The van der Waals surface area contributed by atoms with Gasteiger partial charge in [0, 0.05) is 24.5 Å². The van der Waals surface area contributed by atoms with E-state index in [1.165, 1.54) is 4.90 Å². The number of nitrogens with zero attached hydrogens (tertiary/aromatic N) is 1. The molecule has 1 spiro atoms. The molecule has 112 valence electrons. The second-order valence-corrected chi connectivity index (χ2v) is 5.95. The highest BCUT2D eigenvalue weighted by Crippen LogP contribution is 2.48. The highest BCUT2D eigenvalue weighted by Gasteiger charge is 2.54. The van der Waals surface area contributed by atoms with Crippen LogP contribution < -0.4 is 5.32 Å². The van der Waals surface area contributed by atoms with Crippen LogP contribution in [0, 0.1) is 5.41 Å². The number of rotatable bonds is 3. The van der Waals surface area contributed by atoms with E-state index in [4.69, 9.17) is 9.84 Å². The van der Waals surface area contributed by atoms with Crippen molar-refractivity contribution in [2.75, 3.05) is 13.1 Å². The molecule has 2 aliphatic rings. The van der Waals surface area contributed by atoms with Gasteiger partial charge in [-0.1, -0.05) is 30.3 Å². The quantitative estimate of drug-likeness (QED) is 0.893. The first kappa shape index (κ1) is 13.7. The van der Waals surface area contributed by atoms with Crippen LogP contribution >= 0.6 is 0 Å². The van der Waals surface area contributed by atoms with Gasteiger partial charge in [-0.2, -0.15) is 0 Å². The summed E-state index contributed by atoms with van der Waals surface area (Å²) in [4.78, 5) is 23.8. The van der Waals surface area contributed by atoms with E-state index in [0.717, 1.165) is 18.4 Å². The molecule has 0 aromatic heterocycles. The number of carboxylic acid groups (broad SMARTS) is 1. The van der Waals surface area contributed by atoms with Gasteiger partial charge in [-0.25, -0.2) is 9.59 Å². The van der Waals surface area contributed by atoms with E-state index in [1.54, 1.807) is 0 Å². The third-order valence-corrected chi connectivity index (χ3v) is 4.22. The van der Waals surface area contributed by atoms with Gasteiger partial charge in [-0.15, -0.1) is 0 Å². The Hall–Kier alpha value is -2.24. The molecule has 1 aromatic carbocycles. The molecule has 0 bridgehead atoms. The Balaban J connectivity index is 1.35. The minimum Gasteiger partial charge on any atom is -0.465 e. The fraction of sp³-hybridized carbons (Fsp3) is 0.467. The molecule has 6 heteroatoms. The van der Waals surface area contributed by atoms with Gasteiger partial charge in [0.05, 0.1) is 0 Å². The van der Waals surface area contributed by atoms with E-state index in [1.807, 2.05) is 30.3 Å². The first-order valence-electron chi connectivity index (χ1n) is 7.01. The zero-order chi connectivity index (χ0) is 14.9. The summed E-state index contributed by atoms with van der Waals surface area (Å²) in [6.07, 6.45) is 0.390. The van der Waals surface area contributed by atoms with Crippen molar-refractivity contribution >= 4 is 12.2 Å². The number of carbonyl (C=O) groups is 2. The van der Waals surface area contributed by atoms with E-state index in [0.29, 0.717) is 13.1 Å². The number of alkyl carbamates (subject to hydrolysis) is 1. The lowest BCUT2D eigenvalue weighted by Crippen LogP contribution is -2.67. The number of benzene rings is 1. The maximum atomic E-state index is 11.7. The van der Waals surface area contributed by atoms with Gasteiger partial charge in [-0.3, -0.25) is 0 Å². The average Bonchev–Trinajstić information content (AvgIpc) is 2.38. The molecule has 1 aliphatic carbocycles. The minimum atomic E-state index is -0.862. The van der Waals surface area contributed by atoms with Crippen molar-refractivity contribution in [1.29, 1.82) is 0 Å². The maximum Gasteiger partial charge on any atom is 0.407 e. The fourth-order valence-corrected chi connectivity index (χ4v) is 3.18. The first-order chi connectivity index (χ1) is 10.1. The highest BCUT2D eigenvalue weighted by atomic mass is 16.5. The zero-order valence-electron chi connectivity index (χ0n) is 11.6. The lowest BCUT2D eigenvalue weighted by molar-refractivity contribution is -0.0634. The van der Waals surface area contributed by atoms with Gasteiger partial charge in [0.15, 0.2) is 0 Å². The molecule has 0 atom stereocenters. The molecule has 1 aliphatic heterocycles. The number of hydrogen-bond donors (Lipinski definition) is 2. The highest BCUT2D eigenvalue weighted by molar-refractivity contribution is 5.68. The first-order valence-corrected chi connectivity index (χ1v) is 7.01. The Bertz CT molecular complexity index is 532. The van der Waals surface area contributed by atoms with Crippen molar-refractivity contribution in [3.05, 3.63) is 35.9 Å². The molecular weight excluding hydrogens is 272 g/mol. The number of likely N-dealkylation sites (tertiary alicyclic amines) is 1. The zero-order valence-corrected chi connectivity index (χ0v) is 11.6. The van der Waals surface area contributed by atoms with Gasteiger partial charge in [0.25, 0.3) is 0 Å². The van der Waals surface area contributed by atoms with E-state index >= 15 is 0 Å². The van der Waals surface area contributed by atoms with Gasteiger partial charge in [0.2, 0.25) is 0 Å². The Labute approximate surface area is 122 Å². The second-order valence-electron chi connectivity index (χ2n) is 5.95. The van der Waals surface area contributed by atoms with Crippen molar-refractivity contribution in [3.63, 3.8) is 0 Å². The maximum absolute atomic E-state index is 11.7. The lowest BCUT2D eigenvalue weighted by Gasteiger charge is -2.57. The molecule has 1 aromatic rings. The standard InChI is InChI=1S/C15H18N2O4/c18-13(21-8-11-4-2-1-3-5-11)16-12-6-15(7-12)9-17(10-15)14(19)20/h1-5,12H,6-10H2,(H,16,18)(H,19,20). The van der Waals surface area contributed by atoms with Crippen molar-refractivity contribution in [1.82, 2.24) is 10.2 Å². The van der Waals surface area contributed by atoms with Crippen LogP contribution in [0.2, 0.25) is 0 Å². The molecule has 0 radical (unpaired) electrons.